The van der Waals surface area contributed by atoms with Crippen molar-refractivity contribution >= 4 is 0 Å². The average molecular weight is 132 g/mol. The minimum Gasteiger partial charge on any atom is -0.275 e. The summed E-state index contributed by atoms with van der Waals surface area (Å²) >= 11 is 0. The number of hydrogen-bond acceptors (Lipinski definition) is 0. The van der Waals surface area contributed by atoms with Crippen molar-refractivity contribution in [3.05, 3.63) is 23.8 Å². The Morgan fingerprint density at radius 1 is 1.62 bits per heavy atom. The third kappa shape index (κ3) is 3.20. The van der Waals surface area contributed by atoms with Gasteiger partial charge in [-0.2, -0.15) is 5.57 Å². The molecule has 0 aromatic carbocycles. The summed E-state index contributed by atoms with van der Waals surface area (Å²) in [4.78, 5) is 0. The molecule has 0 saturated carbocycles. The quantitative estimate of drug-likeness (QED) is 0.296. The van der Waals surface area contributed by atoms with Crippen molar-refractivity contribution in [1.82, 2.24) is 0 Å². The van der Waals surface area contributed by atoms with E-state index < -0.39 is 0 Å². The largest absolute Gasteiger partial charge is 1.00 e. The molecule has 0 N–H and O–H groups in total. The summed E-state index contributed by atoms with van der Waals surface area (Å²) in [5, 5.41) is 0. The molecule has 0 aromatic rings. The second kappa shape index (κ2) is 4.95. The van der Waals surface area contributed by atoms with Crippen LogP contribution in [-0.4, -0.2) is 0 Å². The third-order valence-electron chi connectivity index (χ3n) is 1.15. The normalized spacial score (nSPS) is 16.9. The van der Waals surface area contributed by atoms with Gasteiger partial charge in [0.1, 0.15) is 0 Å². The van der Waals surface area contributed by atoms with E-state index in [1.54, 1.807) is 0 Å². The van der Waals surface area contributed by atoms with Crippen LogP contribution in [-0.2, 0) is 0 Å². The van der Waals surface area contributed by atoms with Gasteiger partial charge < -0.3 is 0 Å². The van der Waals surface area contributed by atoms with Crippen molar-refractivity contribution in [2.24, 2.45) is 0 Å². The molecule has 0 radical (unpaired) electrons. The molecule has 0 bridgehead atoms. The molecule has 0 saturated heterocycles. The van der Waals surface area contributed by atoms with E-state index in [0.717, 1.165) is 6.42 Å². The average Bonchev–Trinajstić information content (AvgIpc) is 1.69. The van der Waals surface area contributed by atoms with Gasteiger partial charge in [0.25, 0.3) is 0 Å². The molecule has 0 heterocycles. The molecule has 0 amide bonds. The molecule has 8 heavy (non-hydrogen) atoms. The number of allylic oxidation sites excluding steroid dienone is 4. The van der Waals surface area contributed by atoms with Crippen molar-refractivity contribution in [2.75, 3.05) is 0 Å². The molecule has 0 unspecified atom stereocenters. The van der Waals surface area contributed by atoms with E-state index in [1.807, 2.05) is 6.08 Å². The summed E-state index contributed by atoms with van der Waals surface area (Å²) in [6.45, 7) is 2.15. The van der Waals surface area contributed by atoms with Gasteiger partial charge in [0, 0.05) is 0 Å². The van der Waals surface area contributed by atoms with Crippen LogP contribution >= 0.6 is 0 Å². The minimum atomic E-state index is 0. The number of rotatable bonds is 0. The van der Waals surface area contributed by atoms with E-state index >= 15 is 0 Å². The van der Waals surface area contributed by atoms with Crippen LogP contribution in [0.15, 0.2) is 17.7 Å². The molecule has 0 fully saturated rings. The Morgan fingerprint density at radius 2 is 2.38 bits per heavy atom. The molecular weight excluding hydrogens is 123 g/mol. The zero-order chi connectivity index (χ0) is 5.11. The molecule has 0 nitrogen and oxygen atoms in total. The van der Waals surface area contributed by atoms with Crippen molar-refractivity contribution in [3.63, 3.8) is 0 Å². The van der Waals surface area contributed by atoms with Gasteiger partial charge in [-0.25, -0.2) is 12.2 Å². The fraction of sp³-hybridized carbons (Fsp3) is 0.429. The second-order valence-electron chi connectivity index (χ2n) is 1.88. The van der Waals surface area contributed by atoms with E-state index in [-0.39, 0.29) is 51.4 Å². The molecule has 0 aliphatic heterocycles. The first-order valence-electron chi connectivity index (χ1n) is 2.62. The third-order valence-corrected chi connectivity index (χ3v) is 1.15. The summed E-state index contributed by atoms with van der Waals surface area (Å²) in [6, 6.07) is 0. The first-order chi connectivity index (χ1) is 3.39. The van der Waals surface area contributed by atoms with Gasteiger partial charge in [-0.3, -0.25) is 6.08 Å². The fourth-order valence-corrected chi connectivity index (χ4v) is 0.637. The monoisotopic (exact) mass is 132 g/mol. The summed E-state index contributed by atoms with van der Waals surface area (Å²) in [7, 11) is 0. The number of hydrogen-bond donors (Lipinski definition) is 0. The van der Waals surface area contributed by atoms with Gasteiger partial charge in [-0.15, -0.1) is 6.42 Å². The topological polar surface area (TPSA) is 0 Å². The molecule has 1 rings (SSSR count). The van der Waals surface area contributed by atoms with Crippen LogP contribution in [0, 0.1) is 6.08 Å². The van der Waals surface area contributed by atoms with Crippen LogP contribution in [0.3, 0.4) is 0 Å². The molecule has 1 aliphatic rings. The standard InChI is InChI=1S/C7H9.K/c1-7-5-3-2-4-6-7;/h3,5H,4,6H2,1H3;/q-1;+1. The van der Waals surface area contributed by atoms with Crippen LogP contribution in [0.1, 0.15) is 19.8 Å². The molecule has 0 atom stereocenters. The van der Waals surface area contributed by atoms with Crippen LogP contribution in [0.5, 0.6) is 0 Å². The van der Waals surface area contributed by atoms with Crippen molar-refractivity contribution in [3.8, 4) is 0 Å². The van der Waals surface area contributed by atoms with Gasteiger partial charge in [0.2, 0.25) is 0 Å². The molecule has 38 valence electrons. The van der Waals surface area contributed by atoms with Gasteiger partial charge in [-0.1, -0.05) is 13.3 Å². The Balaban J connectivity index is 0.000000490. The van der Waals surface area contributed by atoms with Crippen LogP contribution in [0.25, 0.3) is 0 Å². The Morgan fingerprint density at radius 3 is 2.62 bits per heavy atom. The Kier molecular flexibility index (Phi) is 5.64. The molecule has 0 spiro atoms. The maximum atomic E-state index is 3.11. The first kappa shape index (κ1) is 9.12. The molecular formula is C7H9K. The maximum absolute atomic E-state index is 3.11. The fourth-order valence-electron chi connectivity index (χ4n) is 0.637. The predicted octanol–water partition coefficient (Wildman–Crippen LogP) is -0.910. The maximum Gasteiger partial charge on any atom is 1.00 e. The van der Waals surface area contributed by atoms with E-state index in [4.69, 9.17) is 0 Å². The van der Waals surface area contributed by atoms with Crippen molar-refractivity contribution in [1.29, 1.82) is 0 Å². The Bertz CT molecular complexity index is 112. The smallest absolute Gasteiger partial charge is 0.275 e. The predicted molar refractivity (Wildman–Crippen MR) is 30.8 cm³/mol. The molecule has 1 aliphatic carbocycles. The van der Waals surface area contributed by atoms with Crippen LogP contribution in [0.4, 0.5) is 0 Å². The summed E-state index contributed by atoms with van der Waals surface area (Å²) in [5.74, 6) is 0. The summed E-state index contributed by atoms with van der Waals surface area (Å²) < 4.78 is 0. The van der Waals surface area contributed by atoms with Crippen molar-refractivity contribution < 1.29 is 51.4 Å². The second-order valence-corrected chi connectivity index (χ2v) is 1.88. The Labute approximate surface area is 93.5 Å². The van der Waals surface area contributed by atoms with Gasteiger partial charge >= 0.3 is 51.4 Å². The Hall–Kier alpha value is 1.12. The van der Waals surface area contributed by atoms with E-state index in [1.165, 1.54) is 12.0 Å². The van der Waals surface area contributed by atoms with Crippen LogP contribution < -0.4 is 51.4 Å². The first-order valence-corrected chi connectivity index (χ1v) is 2.62. The zero-order valence-corrected chi connectivity index (χ0v) is 8.69. The molecule has 0 aromatic heterocycles. The van der Waals surface area contributed by atoms with E-state index in [2.05, 4.69) is 19.1 Å². The van der Waals surface area contributed by atoms with Gasteiger partial charge in [0.15, 0.2) is 0 Å². The zero-order valence-electron chi connectivity index (χ0n) is 5.57. The van der Waals surface area contributed by atoms with Crippen molar-refractivity contribution in [2.45, 2.75) is 19.8 Å². The van der Waals surface area contributed by atoms with Crippen LogP contribution in [0.2, 0.25) is 0 Å². The summed E-state index contributed by atoms with van der Waals surface area (Å²) in [5.41, 5.74) is 1.47. The van der Waals surface area contributed by atoms with E-state index in [9.17, 15) is 0 Å². The summed E-state index contributed by atoms with van der Waals surface area (Å²) in [6.07, 6.45) is 9.55. The van der Waals surface area contributed by atoms with Gasteiger partial charge in [0.05, 0.1) is 0 Å². The molecule has 1 heteroatoms. The van der Waals surface area contributed by atoms with E-state index in [0.29, 0.717) is 0 Å². The van der Waals surface area contributed by atoms with Gasteiger partial charge in [-0.05, 0) is 0 Å². The SMILES string of the molecule is CC1=CC=[C-]CC1.[K+]. The minimum absolute atomic E-state index is 0.